The van der Waals surface area contributed by atoms with Crippen molar-refractivity contribution >= 4 is 0 Å². The van der Waals surface area contributed by atoms with Gasteiger partial charge in [-0.1, -0.05) is 20.8 Å². The Labute approximate surface area is 104 Å². The molecular weight excluding hydrogens is 214 g/mol. The number of hydrogen-bond donors (Lipinski definition) is 2. The fraction of sp³-hybridized carbons (Fsp3) is 0.769. The summed E-state index contributed by atoms with van der Waals surface area (Å²) >= 11 is 0. The maximum absolute atomic E-state index is 9.13. The molecule has 0 fully saturated rings. The van der Waals surface area contributed by atoms with Crippen molar-refractivity contribution in [2.75, 3.05) is 6.61 Å². The van der Waals surface area contributed by atoms with Crippen LogP contribution in [0.25, 0.3) is 0 Å². The van der Waals surface area contributed by atoms with Gasteiger partial charge in [0.25, 0.3) is 0 Å². The van der Waals surface area contributed by atoms with Gasteiger partial charge in [-0.2, -0.15) is 5.10 Å². The summed E-state index contributed by atoms with van der Waals surface area (Å²) < 4.78 is 1.81. The van der Waals surface area contributed by atoms with Crippen LogP contribution >= 0.6 is 0 Å². The first-order valence-electron chi connectivity index (χ1n) is 6.20. The summed E-state index contributed by atoms with van der Waals surface area (Å²) in [6, 6.07) is 0.544. The van der Waals surface area contributed by atoms with Crippen LogP contribution in [0.3, 0.4) is 0 Å². The maximum Gasteiger partial charge on any atom is 0.0537 e. The molecule has 17 heavy (non-hydrogen) atoms. The molecule has 2 atom stereocenters. The molecule has 0 aliphatic heterocycles. The topological polar surface area (TPSA) is 50.1 Å². The first kappa shape index (κ1) is 14.2. The van der Waals surface area contributed by atoms with Crippen molar-refractivity contribution < 1.29 is 5.11 Å². The summed E-state index contributed by atoms with van der Waals surface area (Å²) in [7, 11) is 1.92. The Kier molecular flexibility index (Phi) is 4.71. The van der Waals surface area contributed by atoms with Gasteiger partial charge in [0.05, 0.1) is 6.20 Å². The minimum Gasteiger partial charge on any atom is -0.396 e. The summed E-state index contributed by atoms with van der Waals surface area (Å²) in [6.07, 6.45) is 4.68. The average molecular weight is 239 g/mol. The van der Waals surface area contributed by atoms with Gasteiger partial charge in [0.1, 0.15) is 0 Å². The molecule has 0 bridgehead atoms. The lowest BCUT2D eigenvalue weighted by Crippen LogP contribution is -2.42. The van der Waals surface area contributed by atoms with Crippen LogP contribution in [0.15, 0.2) is 12.4 Å². The van der Waals surface area contributed by atoms with Crippen LogP contribution in [0, 0.1) is 5.41 Å². The van der Waals surface area contributed by atoms with Crippen molar-refractivity contribution in [3.63, 3.8) is 0 Å². The highest BCUT2D eigenvalue weighted by molar-refractivity contribution is 5.09. The quantitative estimate of drug-likeness (QED) is 0.824. The fourth-order valence-corrected chi connectivity index (χ4v) is 1.96. The number of nitrogens with zero attached hydrogens (tertiary/aromatic N) is 2. The average Bonchev–Trinajstić information content (AvgIpc) is 2.62. The molecule has 0 aromatic carbocycles. The van der Waals surface area contributed by atoms with Gasteiger partial charge >= 0.3 is 0 Å². The molecule has 0 aliphatic carbocycles. The SMILES string of the molecule is CC(NC(CCO)C(C)(C)C)c1cnn(C)c1. The molecular formula is C13H25N3O. The molecule has 1 rings (SSSR count). The fourth-order valence-electron chi connectivity index (χ4n) is 1.96. The molecule has 0 radical (unpaired) electrons. The van der Waals surface area contributed by atoms with Crippen molar-refractivity contribution in [1.82, 2.24) is 15.1 Å². The molecule has 2 unspecified atom stereocenters. The van der Waals surface area contributed by atoms with Gasteiger partial charge in [-0.15, -0.1) is 0 Å². The van der Waals surface area contributed by atoms with E-state index in [1.807, 2.05) is 24.1 Å². The number of hydrogen-bond acceptors (Lipinski definition) is 3. The van der Waals surface area contributed by atoms with E-state index in [2.05, 4.69) is 38.1 Å². The van der Waals surface area contributed by atoms with Gasteiger partial charge in [-0.05, 0) is 18.8 Å². The molecule has 0 saturated carbocycles. The lowest BCUT2D eigenvalue weighted by molar-refractivity contribution is 0.188. The number of rotatable bonds is 5. The Bertz CT molecular complexity index is 341. The minimum atomic E-state index is 0.138. The molecule has 0 saturated heterocycles. The van der Waals surface area contributed by atoms with Gasteiger partial charge < -0.3 is 10.4 Å². The molecule has 2 N–H and O–H groups in total. The zero-order valence-electron chi connectivity index (χ0n) is 11.6. The lowest BCUT2D eigenvalue weighted by Gasteiger charge is -2.33. The first-order valence-corrected chi connectivity index (χ1v) is 6.20. The third-order valence-electron chi connectivity index (χ3n) is 3.14. The van der Waals surface area contributed by atoms with Crippen LogP contribution in [0.5, 0.6) is 0 Å². The first-order chi connectivity index (χ1) is 7.84. The third-order valence-corrected chi connectivity index (χ3v) is 3.14. The highest BCUT2D eigenvalue weighted by atomic mass is 16.3. The second-order valence-electron chi connectivity index (χ2n) is 5.77. The van der Waals surface area contributed by atoms with Gasteiger partial charge in [0.15, 0.2) is 0 Å². The van der Waals surface area contributed by atoms with Gasteiger partial charge in [0.2, 0.25) is 0 Å². The predicted octanol–water partition coefficient (Wildman–Crippen LogP) is 1.87. The van der Waals surface area contributed by atoms with E-state index in [-0.39, 0.29) is 18.1 Å². The van der Waals surface area contributed by atoms with E-state index in [9.17, 15) is 0 Å². The summed E-state index contributed by atoms with van der Waals surface area (Å²) in [5.41, 5.74) is 1.32. The maximum atomic E-state index is 9.13. The number of aliphatic hydroxyl groups is 1. The van der Waals surface area contributed by atoms with Gasteiger partial charge in [-0.3, -0.25) is 4.68 Å². The molecule has 1 heterocycles. The number of aryl methyl sites for hydroxylation is 1. The Morgan fingerprint density at radius 3 is 2.53 bits per heavy atom. The van der Waals surface area contributed by atoms with Gasteiger partial charge in [-0.25, -0.2) is 0 Å². The highest BCUT2D eigenvalue weighted by Crippen LogP contribution is 2.24. The minimum absolute atomic E-state index is 0.138. The predicted molar refractivity (Wildman–Crippen MR) is 69.7 cm³/mol. The molecule has 4 nitrogen and oxygen atoms in total. The molecule has 98 valence electrons. The Hall–Kier alpha value is -0.870. The van der Waals surface area contributed by atoms with E-state index in [1.54, 1.807) is 0 Å². The second-order valence-corrected chi connectivity index (χ2v) is 5.77. The zero-order chi connectivity index (χ0) is 13.1. The van der Waals surface area contributed by atoms with Crippen molar-refractivity contribution in [2.45, 2.75) is 46.2 Å². The Morgan fingerprint density at radius 1 is 1.47 bits per heavy atom. The summed E-state index contributed by atoms with van der Waals surface area (Å²) in [4.78, 5) is 0. The van der Waals surface area contributed by atoms with Crippen molar-refractivity contribution in [1.29, 1.82) is 0 Å². The zero-order valence-corrected chi connectivity index (χ0v) is 11.6. The smallest absolute Gasteiger partial charge is 0.0537 e. The van der Waals surface area contributed by atoms with Crippen LogP contribution in [0.4, 0.5) is 0 Å². The number of aromatic nitrogens is 2. The summed E-state index contributed by atoms with van der Waals surface area (Å²) in [5, 5.41) is 16.9. The van der Waals surface area contributed by atoms with Crippen molar-refractivity contribution in [3.05, 3.63) is 18.0 Å². The number of aliphatic hydroxyl groups excluding tert-OH is 1. The molecule has 1 aromatic heterocycles. The van der Waals surface area contributed by atoms with Crippen LogP contribution in [0.2, 0.25) is 0 Å². The lowest BCUT2D eigenvalue weighted by atomic mass is 9.84. The summed E-state index contributed by atoms with van der Waals surface area (Å²) in [5.74, 6) is 0. The second kappa shape index (κ2) is 5.65. The van der Waals surface area contributed by atoms with E-state index in [1.165, 1.54) is 5.56 Å². The number of nitrogens with one attached hydrogen (secondary N) is 1. The van der Waals surface area contributed by atoms with Crippen LogP contribution in [0.1, 0.15) is 45.7 Å². The molecule has 0 amide bonds. The molecule has 1 aromatic rings. The largest absolute Gasteiger partial charge is 0.396 e. The molecule has 0 aliphatic rings. The van der Waals surface area contributed by atoms with Crippen LogP contribution in [-0.4, -0.2) is 27.5 Å². The van der Waals surface area contributed by atoms with E-state index in [0.717, 1.165) is 6.42 Å². The normalized spacial score (nSPS) is 15.9. The summed E-state index contributed by atoms with van der Waals surface area (Å²) in [6.45, 7) is 8.92. The van der Waals surface area contributed by atoms with E-state index >= 15 is 0 Å². The van der Waals surface area contributed by atoms with Crippen molar-refractivity contribution in [3.8, 4) is 0 Å². The molecule has 0 spiro atoms. The highest BCUT2D eigenvalue weighted by Gasteiger charge is 2.25. The van der Waals surface area contributed by atoms with E-state index in [4.69, 9.17) is 5.11 Å². The monoisotopic (exact) mass is 239 g/mol. The molecule has 4 heteroatoms. The third kappa shape index (κ3) is 4.13. The standard InChI is InChI=1S/C13H25N3O/c1-10(11-8-14-16(5)9-11)15-12(6-7-17)13(2,3)4/h8-10,12,15,17H,6-7H2,1-5H3. The van der Waals surface area contributed by atoms with Crippen LogP contribution in [-0.2, 0) is 7.05 Å². The van der Waals surface area contributed by atoms with Crippen molar-refractivity contribution in [2.24, 2.45) is 12.5 Å². The Morgan fingerprint density at radius 2 is 2.12 bits per heavy atom. The van der Waals surface area contributed by atoms with Gasteiger partial charge in [0, 0.05) is 37.5 Å². The van der Waals surface area contributed by atoms with E-state index < -0.39 is 0 Å². The van der Waals surface area contributed by atoms with Crippen LogP contribution < -0.4 is 5.32 Å². The van der Waals surface area contributed by atoms with E-state index in [0.29, 0.717) is 6.04 Å². The Balaban J connectivity index is 2.67.